The lowest BCUT2D eigenvalue weighted by Crippen LogP contribution is -2.57. The Morgan fingerprint density at radius 1 is 1.15 bits per heavy atom. The van der Waals surface area contributed by atoms with Crippen LogP contribution in [0.3, 0.4) is 0 Å². The molecule has 1 aromatic carbocycles. The summed E-state index contributed by atoms with van der Waals surface area (Å²) in [5.41, 5.74) is -0.0511. The number of rotatable bonds is 6. The Bertz CT molecular complexity index is 1050. The molecule has 1 saturated carbocycles. The van der Waals surface area contributed by atoms with E-state index in [9.17, 15) is 19.5 Å². The largest absolute Gasteiger partial charge is 0.480 e. The molecule has 1 aliphatic carbocycles. The second-order valence-corrected chi connectivity index (χ2v) is 12.0. The Morgan fingerprint density at radius 3 is 2.38 bits per heavy atom. The highest BCUT2D eigenvalue weighted by atomic mass is 35.5. The Balaban J connectivity index is 0.00000134. The number of likely N-dealkylation sites (tertiary alicyclic amines) is 1. The van der Waals surface area contributed by atoms with Gasteiger partial charge in [0.15, 0.2) is 5.60 Å². The zero-order valence-electron chi connectivity index (χ0n) is 25.3. The van der Waals surface area contributed by atoms with E-state index in [1.165, 1.54) is 11.3 Å². The average Bonchev–Trinajstić information content (AvgIpc) is 3.53. The monoisotopic (exact) mass is 577 g/mol. The predicted octanol–water partition coefficient (Wildman–Crippen LogP) is 6.44. The molecule has 1 unspecified atom stereocenters. The molecular formula is C31H48ClN3O5. The van der Waals surface area contributed by atoms with E-state index in [0.29, 0.717) is 29.5 Å². The minimum absolute atomic E-state index is 0.0848. The summed E-state index contributed by atoms with van der Waals surface area (Å²) in [5.74, 6) is -1.31. The first-order valence-electron chi connectivity index (χ1n) is 14.8. The summed E-state index contributed by atoms with van der Waals surface area (Å²) >= 11 is 6.12. The van der Waals surface area contributed by atoms with Crippen LogP contribution in [0.25, 0.3) is 0 Å². The van der Waals surface area contributed by atoms with Gasteiger partial charge in [0.05, 0.1) is 12.3 Å². The number of oxime groups is 1. The third-order valence-corrected chi connectivity index (χ3v) is 7.82. The third-order valence-electron chi connectivity index (χ3n) is 7.58. The first-order chi connectivity index (χ1) is 19.0. The first-order valence-corrected chi connectivity index (χ1v) is 15.2. The Labute approximate surface area is 244 Å². The molecule has 3 atom stereocenters. The van der Waals surface area contributed by atoms with E-state index in [1.807, 2.05) is 60.6 Å². The minimum Gasteiger partial charge on any atom is -0.480 e. The molecule has 2 amide bonds. The lowest BCUT2D eigenvalue weighted by Gasteiger charge is -2.35. The predicted molar refractivity (Wildman–Crippen MR) is 159 cm³/mol. The van der Waals surface area contributed by atoms with Gasteiger partial charge in [-0.05, 0) is 36.3 Å². The SMILES string of the molecule is CC.CC.CC(C)(C)[C@H](NC(=O)CC1CCCCC1)C(=O)N1C[C@@]2(CC(c3cccc(Cl)c3)=NO2)CC1C(=O)O. The van der Waals surface area contributed by atoms with Crippen LogP contribution >= 0.6 is 11.6 Å². The average molecular weight is 578 g/mol. The molecule has 1 aromatic rings. The van der Waals surface area contributed by atoms with Gasteiger partial charge in [-0.25, -0.2) is 4.79 Å². The van der Waals surface area contributed by atoms with Crippen molar-refractivity contribution in [1.82, 2.24) is 10.2 Å². The van der Waals surface area contributed by atoms with Gasteiger partial charge in [-0.15, -0.1) is 0 Å². The van der Waals surface area contributed by atoms with Crippen LogP contribution in [0.4, 0.5) is 0 Å². The van der Waals surface area contributed by atoms with Crippen molar-refractivity contribution in [1.29, 1.82) is 0 Å². The number of carboxylic acids is 1. The van der Waals surface area contributed by atoms with Gasteiger partial charge >= 0.3 is 5.97 Å². The summed E-state index contributed by atoms with van der Waals surface area (Å²) in [6.45, 7) is 13.7. The maximum Gasteiger partial charge on any atom is 0.326 e. The number of amides is 2. The summed E-state index contributed by atoms with van der Waals surface area (Å²) in [7, 11) is 0. The molecule has 1 spiro atoms. The summed E-state index contributed by atoms with van der Waals surface area (Å²) in [6.07, 6.45) is 6.42. The maximum atomic E-state index is 13.8. The van der Waals surface area contributed by atoms with Gasteiger partial charge in [0.1, 0.15) is 12.1 Å². The molecule has 0 bridgehead atoms. The molecule has 8 nitrogen and oxygen atoms in total. The topological polar surface area (TPSA) is 108 Å². The zero-order chi connectivity index (χ0) is 30.1. The molecule has 2 N–H and O–H groups in total. The molecule has 9 heteroatoms. The Hall–Kier alpha value is -2.61. The van der Waals surface area contributed by atoms with E-state index in [1.54, 1.807) is 12.1 Å². The van der Waals surface area contributed by atoms with Gasteiger partial charge in [-0.1, -0.05) is 96.6 Å². The first kappa shape index (κ1) is 33.6. The van der Waals surface area contributed by atoms with Crippen molar-refractivity contribution in [2.75, 3.05) is 6.54 Å². The van der Waals surface area contributed by atoms with Crippen LogP contribution in [-0.2, 0) is 19.2 Å². The number of carbonyl (C=O) groups excluding carboxylic acids is 2. The molecule has 2 heterocycles. The van der Waals surface area contributed by atoms with Gasteiger partial charge in [0.2, 0.25) is 11.8 Å². The number of carbonyl (C=O) groups is 3. The molecule has 0 radical (unpaired) electrons. The number of hydrogen-bond donors (Lipinski definition) is 2. The molecule has 0 aromatic heterocycles. The Morgan fingerprint density at radius 2 is 1.80 bits per heavy atom. The summed E-state index contributed by atoms with van der Waals surface area (Å²) in [4.78, 5) is 46.1. The molecule has 4 rings (SSSR count). The van der Waals surface area contributed by atoms with Crippen LogP contribution in [0, 0.1) is 11.3 Å². The van der Waals surface area contributed by atoms with E-state index >= 15 is 0 Å². The summed E-state index contributed by atoms with van der Waals surface area (Å²) in [6, 6.07) is 5.33. The van der Waals surface area contributed by atoms with Crippen LogP contribution in [-0.4, -0.2) is 57.7 Å². The van der Waals surface area contributed by atoms with Crippen molar-refractivity contribution in [3.8, 4) is 0 Å². The van der Waals surface area contributed by atoms with Gasteiger partial charge < -0.3 is 20.2 Å². The van der Waals surface area contributed by atoms with E-state index in [2.05, 4.69) is 10.5 Å². The third kappa shape index (κ3) is 8.45. The fourth-order valence-corrected chi connectivity index (χ4v) is 5.82. The quantitative estimate of drug-likeness (QED) is 0.404. The molecule has 1 saturated heterocycles. The zero-order valence-corrected chi connectivity index (χ0v) is 26.0. The summed E-state index contributed by atoms with van der Waals surface area (Å²) < 4.78 is 0. The van der Waals surface area contributed by atoms with Gasteiger partial charge in [0, 0.05) is 29.8 Å². The van der Waals surface area contributed by atoms with Crippen molar-refractivity contribution in [2.45, 2.75) is 118 Å². The van der Waals surface area contributed by atoms with Crippen LogP contribution in [0.1, 0.15) is 105 Å². The van der Waals surface area contributed by atoms with E-state index in [4.69, 9.17) is 16.4 Å². The van der Waals surface area contributed by atoms with Gasteiger partial charge in [-0.3, -0.25) is 9.59 Å². The molecule has 3 aliphatic rings. The number of nitrogens with one attached hydrogen (secondary N) is 1. The Kier molecular flexibility index (Phi) is 12.5. The molecule has 40 heavy (non-hydrogen) atoms. The molecular weight excluding hydrogens is 530 g/mol. The van der Waals surface area contributed by atoms with Crippen molar-refractivity contribution in [2.24, 2.45) is 16.5 Å². The number of halogens is 1. The number of nitrogens with zero attached hydrogens (tertiary/aromatic N) is 2. The van der Waals surface area contributed by atoms with E-state index in [0.717, 1.165) is 31.2 Å². The lowest BCUT2D eigenvalue weighted by atomic mass is 9.84. The van der Waals surface area contributed by atoms with Crippen LogP contribution in [0.15, 0.2) is 29.4 Å². The minimum atomic E-state index is -1.10. The van der Waals surface area contributed by atoms with Crippen molar-refractivity contribution >= 4 is 35.1 Å². The highest BCUT2D eigenvalue weighted by molar-refractivity contribution is 6.31. The fourth-order valence-electron chi connectivity index (χ4n) is 5.63. The van der Waals surface area contributed by atoms with E-state index in [-0.39, 0.29) is 18.9 Å². The maximum absolute atomic E-state index is 13.8. The van der Waals surface area contributed by atoms with Crippen molar-refractivity contribution in [3.05, 3.63) is 34.9 Å². The molecule has 2 fully saturated rings. The van der Waals surface area contributed by atoms with Crippen molar-refractivity contribution < 1.29 is 24.3 Å². The molecule has 224 valence electrons. The number of benzene rings is 1. The fraction of sp³-hybridized carbons (Fsp3) is 0.677. The van der Waals surface area contributed by atoms with Crippen LogP contribution in [0.5, 0.6) is 0 Å². The van der Waals surface area contributed by atoms with Crippen LogP contribution < -0.4 is 5.32 Å². The molecule has 2 aliphatic heterocycles. The normalized spacial score (nSPS) is 23.1. The van der Waals surface area contributed by atoms with Gasteiger partial charge in [0.25, 0.3) is 0 Å². The smallest absolute Gasteiger partial charge is 0.326 e. The summed E-state index contributed by atoms with van der Waals surface area (Å²) in [5, 5.41) is 17.7. The van der Waals surface area contributed by atoms with Crippen LogP contribution in [0.2, 0.25) is 5.02 Å². The highest BCUT2D eigenvalue weighted by Crippen LogP contribution is 2.40. The lowest BCUT2D eigenvalue weighted by molar-refractivity contribution is -0.150. The standard InChI is InChI=1S/C27H36ClN3O5.2C2H6/c1-26(2,3)23(29-22(32)12-17-8-5-4-6-9-17)24(33)31-16-27(15-21(31)25(34)35)14-20(30-36-27)18-10-7-11-19(28)13-18;2*1-2/h7,10-11,13,17,21,23H,4-6,8-9,12,14-16H2,1-3H3,(H,29,32)(H,34,35);2*1-2H3/t21?,23-,27-;;/m1../s1. The second kappa shape index (κ2) is 14.9. The number of aliphatic carboxylic acids is 1. The second-order valence-electron chi connectivity index (χ2n) is 11.6. The van der Waals surface area contributed by atoms with Gasteiger partial charge in [-0.2, -0.15) is 0 Å². The number of carboxylic acid groups (broad SMARTS) is 1. The highest BCUT2D eigenvalue weighted by Gasteiger charge is 2.55. The van der Waals surface area contributed by atoms with E-state index < -0.39 is 35.0 Å². The van der Waals surface area contributed by atoms with Crippen molar-refractivity contribution in [3.63, 3.8) is 0 Å². The number of hydrogen-bond acceptors (Lipinski definition) is 5.